The zero-order chi connectivity index (χ0) is 11.0. The molecule has 14 heavy (non-hydrogen) atoms. The maximum Gasteiger partial charge on any atom is 0.394 e. The highest BCUT2D eigenvalue weighted by Crippen LogP contribution is 1.98. The summed E-state index contributed by atoms with van der Waals surface area (Å²) in [6.45, 7) is 3.66. The first-order valence-electron chi connectivity index (χ1n) is 3.78. The van der Waals surface area contributed by atoms with Crippen molar-refractivity contribution in [2.45, 2.75) is 6.42 Å². The van der Waals surface area contributed by atoms with Crippen molar-refractivity contribution < 1.29 is 17.5 Å². The van der Waals surface area contributed by atoms with E-state index in [1.165, 1.54) is 5.56 Å². The van der Waals surface area contributed by atoms with E-state index in [1.54, 1.807) is 0 Å². The second-order valence-electron chi connectivity index (χ2n) is 2.43. The van der Waals surface area contributed by atoms with E-state index < -0.39 is 10.4 Å². The summed E-state index contributed by atoms with van der Waals surface area (Å²) in [6, 6.07) is 10.3. The van der Waals surface area contributed by atoms with Gasteiger partial charge in [-0.25, -0.2) is 0 Å². The van der Waals surface area contributed by atoms with Gasteiger partial charge in [0.2, 0.25) is 0 Å². The van der Waals surface area contributed by atoms with Crippen molar-refractivity contribution in [2.75, 3.05) is 0 Å². The molecule has 0 aliphatic heterocycles. The van der Waals surface area contributed by atoms with E-state index >= 15 is 0 Å². The summed E-state index contributed by atoms with van der Waals surface area (Å²) >= 11 is 0. The fourth-order valence-corrected chi connectivity index (χ4v) is 0.781. The lowest BCUT2D eigenvalue weighted by molar-refractivity contribution is 0.381. The highest BCUT2D eigenvalue weighted by atomic mass is 32.3. The van der Waals surface area contributed by atoms with Gasteiger partial charge in [0.05, 0.1) is 0 Å². The van der Waals surface area contributed by atoms with Crippen LogP contribution in [0.5, 0.6) is 0 Å². The fraction of sp³-hybridized carbons (Fsp3) is 0.111. The van der Waals surface area contributed by atoms with Crippen LogP contribution in [0.2, 0.25) is 0 Å². The summed E-state index contributed by atoms with van der Waals surface area (Å²) < 4.78 is 31.6. The average molecular weight is 216 g/mol. The quantitative estimate of drug-likeness (QED) is 0.583. The number of hydrogen-bond acceptors (Lipinski definition) is 2. The number of rotatable bonds is 2. The minimum atomic E-state index is -4.67. The van der Waals surface area contributed by atoms with Gasteiger partial charge in [0, 0.05) is 0 Å². The average Bonchev–Trinajstić information content (AvgIpc) is 2.03. The summed E-state index contributed by atoms with van der Waals surface area (Å²) in [5.74, 6) is 0. The Bertz CT molecular complexity index is 348. The normalized spacial score (nSPS) is 9.86. The predicted octanol–water partition coefficient (Wildman–Crippen LogP) is 1.76. The predicted molar refractivity (Wildman–Crippen MR) is 54.5 cm³/mol. The van der Waals surface area contributed by atoms with Gasteiger partial charge >= 0.3 is 10.4 Å². The second kappa shape index (κ2) is 6.31. The molecule has 0 saturated heterocycles. The van der Waals surface area contributed by atoms with Crippen molar-refractivity contribution in [3.63, 3.8) is 0 Å². The Morgan fingerprint density at radius 3 is 2.00 bits per heavy atom. The fourth-order valence-electron chi connectivity index (χ4n) is 0.781. The monoisotopic (exact) mass is 216 g/mol. The third-order valence-corrected chi connectivity index (χ3v) is 1.22. The Kier molecular flexibility index (Phi) is 5.78. The van der Waals surface area contributed by atoms with E-state index in [1.807, 2.05) is 24.3 Å². The van der Waals surface area contributed by atoms with Crippen LogP contribution in [0.4, 0.5) is 0 Å². The summed E-state index contributed by atoms with van der Waals surface area (Å²) in [5, 5.41) is 0. The van der Waals surface area contributed by atoms with E-state index in [-0.39, 0.29) is 0 Å². The van der Waals surface area contributed by atoms with Gasteiger partial charge in [-0.05, 0) is 12.0 Å². The van der Waals surface area contributed by atoms with Gasteiger partial charge in [-0.15, -0.1) is 6.58 Å². The van der Waals surface area contributed by atoms with E-state index in [0.29, 0.717) is 0 Å². The van der Waals surface area contributed by atoms with Crippen LogP contribution in [0.25, 0.3) is 0 Å². The Labute approximate surface area is 83.5 Å². The van der Waals surface area contributed by atoms with Gasteiger partial charge in [-0.1, -0.05) is 36.4 Å². The molecular formula is C9H12O4S. The lowest BCUT2D eigenvalue weighted by Gasteiger charge is -1.91. The first kappa shape index (κ1) is 12.8. The molecule has 5 heteroatoms. The molecule has 2 N–H and O–H groups in total. The number of allylic oxidation sites excluding steroid dienone is 1. The van der Waals surface area contributed by atoms with Crippen molar-refractivity contribution in [3.05, 3.63) is 48.6 Å². The van der Waals surface area contributed by atoms with Crippen molar-refractivity contribution in [1.29, 1.82) is 0 Å². The molecule has 0 radical (unpaired) electrons. The molecule has 0 heterocycles. The van der Waals surface area contributed by atoms with Gasteiger partial charge in [0.25, 0.3) is 0 Å². The van der Waals surface area contributed by atoms with Crippen LogP contribution >= 0.6 is 0 Å². The lowest BCUT2D eigenvalue weighted by Crippen LogP contribution is -1.89. The van der Waals surface area contributed by atoms with Crippen molar-refractivity contribution >= 4 is 10.4 Å². The molecule has 1 aromatic carbocycles. The summed E-state index contributed by atoms with van der Waals surface area (Å²) in [5.41, 5.74) is 1.33. The third kappa shape index (κ3) is 10.8. The zero-order valence-electron chi connectivity index (χ0n) is 7.50. The Morgan fingerprint density at radius 1 is 1.21 bits per heavy atom. The molecule has 0 aliphatic carbocycles. The molecular weight excluding hydrogens is 204 g/mol. The molecule has 1 rings (SSSR count). The van der Waals surface area contributed by atoms with Crippen LogP contribution in [0, 0.1) is 0 Å². The van der Waals surface area contributed by atoms with Crippen LogP contribution in [0.15, 0.2) is 43.0 Å². The lowest BCUT2D eigenvalue weighted by atomic mass is 10.2. The highest BCUT2D eigenvalue weighted by molar-refractivity contribution is 7.79. The smallest absolute Gasteiger partial charge is 0.264 e. The number of hydrogen-bond donors (Lipinski definition) is 2. The maximum absolute atomic E-state index is 8.74. The van der Waals surface area contributed by atoms with Gasteiger partial charge in [-0.3, -0.25) is 9.11 Å². The largest absolute Gasteiger partial charge is 0.394 e. The SMILES string of the molecule is C=CCc1ccccc1.O=S(=O)(O)O. The van der Waals surface area contributed by atoms with Gasteiger partial charge < -0.3 is 0 Å². The summed E-state index contributed by atoms with van der Waals surface area (Å²) in [4.78, 5) is 0. The molecule has 0 amide bonds. The van der Waals surface area contributed by atoms with Crippen molar-refractivity contribution in [1.82, 2.24) is 0 Å². The van der Waals surface area contributed by atoms with E-state index in [0.717, 1.165) is 6.42 Å². The Morgan fingerprint density at radius 2 is 1.64 bits per heavy atom. The van der Waals surface area contributed by atoms with Crippen LogP contribution in [-0.4, -0.2) is 17.5 Å². The third-order valence-electron chi connectivity index (χ3n) is 1.22. The molecule has 0 atom stereocenters. The van der Waals surface area contributed by atoms with Gasteiger partial charge in [0.15, 0.2) is 0 Å². The molecule has 4 nitrogen and oxygen atoms in total. The first-order chi connectivity index (χ1) is 6.43. The molecule has 0 fully saturated rings. The van der Waals surface area contributed by atoms with E-state index in [4.69, 9.17) is 17.5 Å². The minimum absolute atomic E-state index is 0.973. The van der Waals surface area contributed by atoms with Crippen LogP contribution in [0.3, 0.4) is 0 Å². The second-order valence-corrected chi connectivity index (χ2v) is 3.32. The summed E-state index contributed by atoms with van der Waals surface area (Å²) in [6.07, 6.45) is 2.89. The van der Waals surface area contributed by atoms with E-state index in [2.05, 4.69) is 18.7 Å². The first-order valence-corrected chi connectivity index (χ1v) is 5.18. The molecule has 0 unspecified atom stereocenters. The molecule has 0 spiro atoms. The van der Waals surface area contributed by atoms with Crippen LogP contribution in [0.1, 0.15) is 5.56 Å². The zero-order valence-corrected chi connectivity index (χ0v) is 8.31. The molecule has 0 aliphatic rings. The molecule has 1 aromatic rings. The highest BCUT2D eigenvalue weighted by Gasteiger charge is 1.84. The molecule has 78 valence electrons. The number of benzene rings is 1. The van der Waals surface area contributed by atoms with Gasteiger partial charge in [-0.2, -0.15) is 8.42 Å². The Hall–Kier alpha value is -1.17. The Balaban J connectivity index is 0.000000292. The minimum Gasteiger partial charge on any atom is -0.264 e. The van der Waals surface area contributed by atoms with Crippen molar-refractivity contribution in [3.8, 4) is 0 Å². The maximum atomic E-state index is 8.74. The standard InChI is InChI=1S/C9H10.H2O4S/c1-2-6-9-7-4-3-5-8-9;1-5(2,3)4/h2-5,7-8H,1,6H2;(H2,1,2,3,4). The van der Waals surface area contributed by atoms with Crippen LogP contribution < -0.4 is 0 Å². The van der Waals surface area contributed by atoms with Gasteiger partial charge in [0.1, 0.15) is 0 Å². The molecule has 0 aromatic heterocycles. The van der Waals surface area contributed by atoms with E-state index in [9.17, 15) is 0 Å². The summed E-state index contributed by atoms with van der Waals surface area (Å²) in [7, 11) is -4.67. The van der Waals surface area contributed by atoms with Crippen LogP contribution in [-0.2, 0) is 16.8 Å². The van der Waals surface area contributed by atoms with Crippen molar-refractivity contribution in [2.24, 2.45) is 0 Å². The molecule has 0 saturated carbocycles. The topological polar surface area (TPSA) is 74.6 Å². The molecule has 0 bridgehead atoms.